The van der Waals surface area contributed by atoms with Crippen molar-refractivity contribution in [3.63, 3.8) is 0 Å². The van der Waals surface area contributed by atoms with E-state index in [0.29, 0.717) is 32.1 Å². The Labute approximate surface area is 140 Å². The quantitative estimate of drug-likeness (QED) is 0.465. The van der Waals surface area contributed by atoms with Gasteiger partial charge in [0.15, 0.2) is 0 Å². The van der Waals surface area contributed by atoms with Crippen LogP contribution < -0.4 is 0 Å². The van der Waals surface area contributed by atoms with E-state index >= 15 is 0 Å². The van der Waals surface area contributed by atoms with Gasteiger partial charge in [0.2, 0.25) is 0 Å². The van der Waals surface area contributed by atoms with Crippen LogP contribution in [0.5, 0.6) is 0 Å². The van der Waals surface area contributed by atoms with Gasteiger partial charge >= 0.3 is 11.9 Å². The summed E-state index contributed by atoms with van der Waals surface area (Å²) in [4.78, 5) is 34.2. The lowest BCUT2D eigenvalue weighted by Crippen LogP contribution is -2.38. The SMILES string of the molecule is CCC1(C(=O)OC)CCC(OC(=O)c2ccc([N+](=O)[O-])cc2)CC1. The number of rotatable bonds is 5. The van der Waals surface area contributed by atoms with Crippen molar-refractivity contribution in [3.05, 3.63) is 39.9 Å². The van der Waals surface area contributed by atoms with Crippen LogP contribution in [0, 0.1) is 15.5 Å². The molecule has 130 valence electrons. The number of hydrogen-bond acceptors (Lipinski definition) is 6. The molecule has 0 spiro atoms. The summed E-state index contributed by atoms with van der Waals surface area (Å²) in [5.41, 5.74) is -0.277. The van der Waals surface area contributed by atoms with Crippen LogP contribution in [-0.4, -0.2) is 30.1 Å². The Morgan fingerprint density at radius 3 is 2.29 bits per heavy atom. The number of ether oxygens (including phenoxy) is 2. The first-order valence-corrected chi connectivity index (χ1v) is 7.95. The van der Waals surface area contributed by atoms with E-state index in [1.807, 2.05) is 6.92 Å². The Morgan fingerprint density at radius 1 is 1.25 bits per heavy atom. The Morgan fingerprint density at radius 2 is 1.83 bits per heavy atom. The first-order valence-electron chi connectivity index (χ1n) is 7.95. The topological polar surface area (TPSA) is 95.7 Å². The second-order valence-corrected chi connectivity index (χ2v) is 6.03. The largest absolute Gasteiger partial charge is 0.469 e. The van der Waals surface area contributed by atoms with E-state index in [4.69, 9.17) is 9.47 Å². The second kappa shape index (κ2) is 7.42. The molecule has 0 unspecified atom stereocenters. The Hall–Kier alpha value is -2.44. The molecule has 0 bridgehead atoms. The zero-order valence-corrected chi connectivity index (χ0v) is 13.8. The summed E-state index contributed by atoms with van der Waals surface area (Å²) in [6.07, 6.45) is 2.88. The lowest BCUT2D eigenvalue weighted by atomic mass is 9.71. The van der Waals surface area contributed by atoms with Gasteiger partial charge in [0, 0.05) is 12.1 Å². The summed E-state index contributed by atoms with van der Waals surface area (Å²) < 4.78 is 10.4. The number of hydrogen-bond donors (Lipinski definition) is 0. The molecule has 0 radical (unpaired) electrons. The minimum absolute atomic E-state index is 0.0741. The van der Waals surface area contributed by atoms with Crippen LogP contribution in [0.25, 0.3) is 0 Å². The van der Waals surface area contributed by atoms with E-state index < -0.39 is 16.3 Å². The number of nitrogens with zero attached hydrogens (tertiary/aromatic N) is 1. The van der Waals surface area contributed by atoms with Crippen molar-refractivity contribution < 1.29 is 24.0 Å². The maximum absolute atomic E-state index is 12.1. The molecule has 1 fully saturated rings. The van der Waals surface area contributed by atoms with Crippen molar-refractivity contribution in [2.75, 3.05) is 7.11 Å². The highest BCUT2D eigenvalue weighted by atomic mass is 16.6. The maximum Gasteiger partial charge on any atom is 0.338 e. The number of methoxy groups -OCH3 is 1. The monoisotopic (exact) mass is 335 g/mol. The maximum atomic E-state index is 12.1. The van der Waals surface area contributed by atoms with E-state index in [0.717, 1.165) is 0 Å². The van der Waals surface area contributed by atoms with Gasteiger partial charge in [-0.1, -0.05) is 6.92 Å². The van der Waals surface area contributed by atoms with E-state index in [-0.39, 0.29) is 23.3 Å². The molecule has 24 heavy (non-hydrogen) atoms. The lowest BCUT2D eigenvalue weighted by molar-refractivity contribution is -0.384. The van der Waals surface area contributed by atoms with E-state index in [2.05, 4.69) is 0 Å². The zero-order valence-electron chi connectivity index (χ0n) is 13.8. The molecule has 0 N–H and O–H groups in total. The molecule has 2 rings (SSSR count). The van der Waals surface area contributed by atoms with Crippen LogP contribution in [0.3, 0.4) is 0 Å². The molecule has 1 aliphatic carbocycles. The van der Waals surface area contributed by atoms with Gasteiger partial charge in [-0.15, -0.1) is 0 Å². The van der Waals surface area contributed by atoms with Crippen molar-refractivity contribution in [3.8, 4) is 0 Å². The van der Waals surface area contributed by atoms with Crippen LogP contribution in [-0.2, 0) is 14.3 Å². The molecule has 1 aromatic carbocycles. The number of non-ortho nitro benzene ring substituents is 1. The molecule has 0 aliphatic heterocycles. The van der Waals surface area contributed by atoms with Crippen LogP contribution in [0.15, 0.2) is 24.3 Å². The van der Waals surface area contributed by atoms with Gasteiger partial charge in [-0.2, -0.15) is 0 Å². The highest BCUT2D eigenvalue weighted by molar-refractivity contribution is 5.89. The van der Waals surface area contributed by atoms with Crippen molar-refractivity contribution in [1.29, 1.82) is 0 Å². The second-order valence-electron chi connectivity index (χ2n) is 6.03. The van der Waals surface area contributed by atoms with Gasteiger partial charge in [-0.3, -0.25) is 14.9 Å². The van der Waals surface area contributed by atoms with Gasteiger partial charge in [-0.25, -0.2) is 4.79 Å². The fourth-order valence-electron chi connectivity index (χ4n) is 3.12. The van der Waals surface area contributed by atoms with Crippen molar-refractivity contribution in [1.82, 2.24) is 0 Å². The molecule has 0 atom stereocenters. The van der Waals surface area contributed by atoms with E-state index in [1.54, 1.807) is 0 Å². The minimum atomic E-state index is -0.520. The molecular weight excluding hydrogens is 314 g/mol. The average molecular weight is 335 g/mol. The first-order chi connectivity index (χ1) is 11.4. The van der Waals surface area contributed by atoms with Gasteiger partial charge in [0.25, 0.3) is 5.69 Å². The smallest absolute Gasteiger partial charge is 0.338 e. The van der Waals surface area contributed by atoms with Crippen LogP contribution in [0.1, 0.15) is 49.4 Å². The highest BCUT2D eigenvalue weighted by Gasteiger charge is 2.42. The van der Waals surface area contributed by atoms with Crippen LogP contribution in [0.2, 0.25) is 0 Å². The number of nitro groups is 1. The third-order valence-electron chi connectivity index (χ3n) is 4.77. The van der Waals surface area contributed by atoms with Crippen molar-refractivity contribution in [2.24, 2.45) is 5.41 Å². The third-order valence-corrected chi connectivity index (χ3v) is 4.77. The number of carbonyl (C=O) groups excluding carboxylic acids is 2. The Bertz CT molecular complexity index is 616. The molecule has 1 saturated carbocycles. The first kappa shape index (κ1) is 17.9. The summed E-state index contributed by atoms with van der Waals surface area (Å²) in [7, 11) is 1.39. The third kappa shape index (κ3) is 3.72. The van der Waals surface area contributed by atoms with Crippen LogP contribution in [0.4, 0.5) is 5.69 Å². The predicted octanol–water partition coefficient (Wildman–Crippen LogP) is 3.26. The molecule has 0 heterocycles. The predicted molar refractivity (Wildman–Crippen MR) is 85.5 cm³/mol. The standard InChI is InChI=1S/C17H21NO6/c1-3-17(16(20)23-2)10-8-14(9-11-17)24-15(19)12-4-6-13(7-5-12)18(21)22/h4-7,14H,3,8-11H2,1-2H3. The molecule has 7 heteroatoms. The molecular formula is C17H21NO6. The van der Waals surface area contributed by atoms with Crippen LogP contribution >= 0.6 is 0 Å². The van der Waals surface area contributed by atoms with Crippen molar-refractivity contribution >= 4 is 17.6 Å². The van der Waals surface area contributed by atoms with Gasteiger partial charge in [-0.05, 0) is 44.2 Å². The Balaban J connectivity index is 1.94. The minimum Gasteiger partial charge on any atom is -0.469 e. The molecule has 1 aromatic rings. The van der Waals surface area contributed by atoms with Gasteiger partial charge in [0.05, 0.1) is 23.0 Å². The normalized spacial score (nSPS) is 23.3. The number of nitro benzene ring substituents is 1. The number of esters is 2. The van der Waals surface area contributed by atoms with Gasteiger partial charge < -0.3 is 9.47 Å². The van der Waals surface area contributed by atoms with E-state index in [1.165, 1.54) is 31.4 Å². The Kier molecular flexibility index (Phi) is 5.54. The van der Waals surface area contributed by atoms with Gasteiger partial charge in [0.1, 0.15) is 6.10 Å². The molecule has 0 aromatic heterocycles. The average Bonchev–Trinajstić information content (AvgIpc) is 2.61. The molecule has 1 aliphatic rings. The number of benzene rings is 1. The number of carbonyl (C=O) groups is 2. The summed E-state index contributed by atoms with van der Waals surface area (Å²) in [6.45, 7) is 1.96. The summed E-state index contributed by atoms with van der Waals surface area (Å²) >= 11 is 0. The fourth-order valence-corrected chi connectivity index (χ4v) is 3.12. The zero-order chi connectivity index (χ0) is 17.7. The summed E-state index contributed by atoms with van der Waals surface area (Å²) in [5, 5.41) is 10.6. The fraction of sp³-hybridized carbons (Fsp3) is 0.529. The molecule has 0 saturated heterocycles. The summed E-state index contributed by atoms with van der Waals surface area (Å²) in [5.74, 6) is -0.706. The van der Waals surface area contributed by atoms with E-state index in [9.17, 15) is 19.7 Å². The highest BCUT2D eigenvalue weighted by Crippen LogP contribution is 2.41. The molecule has 0 amide bonds. The lowest BCUT2D eigenvalue weighted by Gasteiger charge is -2.36. The summed E-state index contributed by atoms with van der Waals surface area (Å²) in [6, 6.07) is 5.32. The van der Waals surface area contributed by atoms with Crippen molar-refractivity contribution in [2.45, 2.75) is 45.1 Å². The molecule has 7 nitrogen and oxygen atoms in total.